The fourth-order valence-corrected chi connectivity index (χ4v) is 6.36. The molecule has 2 heterocycles. The number of rotatable bonds is 9. The predicted molar refractivity (Wildman–Crippen MR) is 152 cm³/mol. The van der Waals surface area contributed by atoms with Crippen LogP contribution in [0.25, 0.3) is 10.1 Å². The Morgan fingerprint density at radius 2 is 2.10 bits per heavy atom. The Labute approximate surface area is 237 Å². The smallest absolute Gasteiger partial charge is 0.283 e. The molecule has 0 saturated heterocycles. The maximum atomic E-state index is 13.3. The molecule has 0 fully saturated rings. The monoisotopic (exact) mass is 584 g/mol. The van der Waals surface area contributed by atoms with Crippen molar-refractivity contribution in [1.82, 2.24) is 10.4 Å². The van der Waals surface area contributed by atoms with Gasteiger partial charge in [0.2, 0.25) is 0 Å². The number of methoxy groups -OCH3 is 1. The van der Waals surface area contributed by atoms with Gasteiger partial charge < -0.3 is 4.74 Å². The Bertz CT molecular complexity index is 1620. The van der Waals surface area contributed by atoms with Crippen LogP contribution in [0.3, 0.4) is 0 Å². The van der Waals surface area contributed by atoms with Gasteiger partial charge in [-0.15, -0.1) is 23.1 Å². The van der Waals surface area contributed by atoms with Crippen LogP contribution in [-0.2, 0) is 12.2 Å². The van der Waals surface area contributed by atoms with Crippen LogP contribution in [-0.4, -0.2) is 24.2 Å². The summed E-state index contributed by atoms with van der Waals surface area (Å²) in [6.45, 7) is 3.67. The van der Waals surface area contributed by atoms with Gasteiger partial charge in [-0.2, -0.15) is 10.4 Å². The lowest BCUT2D eigenvalue weighted by Gasteiger charge is -2.11. The number of hydrazone groups is 1. The summed E-state index contributed by atoms with van der Waals surface area (Å²) >= 11 is 8.94. The molecule has 0 bridgehead atoms. The van der Waals surface area contributed by atoms with E-state index in [4.69, 9.17) is 16.3 Å². The molecule has 1 N–H and O–H groups in total. The van der Waals surface area contributed by atoms with Crippen LogP contribution in [0.4, 0.5) is 8.78 Å². The van der Waals surface area contributed by atoms with E-state index in [1.54, 1.807) is 25.1 Å². The number of benzene rings is 2. The molecule has 0 radical (unpaired) electrons. The summed E-state index contributed by atoms with van der Waals surface area (Å²) in [5.41, 5.74) is 5.43. The zero-order chi connectivity index (χ0) is 28.1. The number of nitrogens with one attached hydrogen (secondary N) is 1. The van der Waals surface area contributed by atoms with E-state index in [1.807, 2.05) is 24.3 Å². The molecule has 39 heavy (non-hydrogen) atoms. The molecule has 0 aliphatic heterocycles. The summed E-state index contributed by atoms with van der Waals surface area (Å²) in [7, 11) is 1.52. The molecule has 0 unspecified atom stereocenters. The van der Waals surface area contributed by atoms with E-state index in [-0.39, 0.29) is 16.3 Å². The Morgan fingerprint density at radius 1 is 1.31 bits per heavy atom. The van der Waals surface area contributed by atoms with Gasteiger partial charge in [-0.05, 0) is 60.4 Å². The first kappa shape index (κ1) is 28.5. The summed E-state index contributed by atoms with van der Waals surface area (Å²) in [4.78, 5) is 17.1. The van der Waals surface area contributed by atoms with Crippen molar-refractivity contribution in [3.63, 3.8) is 0 Å². The van der Waals surface area contributed by atoms with Crippen molar-refractivity contribution >= 4 is 56.9 Å². The average Bonchev–Trinajstić information content (AvgIpc) is 3.27. The quantitative estimate of drug-likeness (QED) is 0.124. The summed E-state index contributed by atoms with van der Waals surface area (Å²) in [5.74, 6) is 0.471. The third-order valence-electron chi connectivity index (χ3n) is 5.90. The molecular formula is C28H23ClF2N4O2S2. The van der Waals surface area contributed by atoms with Crippen molar-refractivity contribution in [2.45, 2.75) is 37.5 Å². The summed E-state index contributed by atoms with van der Waals surface area (Å²) < 4.78 is 32.9. The third kappa shape index (κ3) is 6.38. The minimum absolute atomic E-state index is 0.229. The van der Waals surface area contributed by atoms with E-state index in [1.165, 1.54) is 42.5 Å². The number of pyridine rings is 1. The van der Waals surface area contributed by atoms with E-state index in [0.717, 1.165) is 27.6 Å². The number of ether oxygens (including phenoxy) is 1. The minimum atomic E-state index is -2.74. The number of nitrogens with zero attached hydrogens (tertiary/aromatic N) is 3. The highest BCUT2D eigenvalue weighted by Crippen LogP contribution is 2.36. The number of amides is 1. The Kier molecular flexibility index (Phi) is 9.17. The first-order valence-corrected chi connectivity index (χ1v) is 14.0. The number of hydrogen-bond donors (Lipinski definition) is 1. The summed E-state index contributed by atoms with van der Waals surface area (Å²) in [6.07, 6.45) is -0.365. The van der Waals surface area contributed by atoms with Crippen molar-refractivity contribution in [3.8, 4) is 11.8 Å². The number of aryl methyl sites for hydroxylation is 2. The first-order valence-electron chi connectivity index (χ1n) is 11.8. The minimum Gasteiger partial charge on any atom is -0.496 e. The molecule has 6 nitrogen and oxygen atoms in total. The lowest BCUT2D eigenvalue weighted by atomic mass is 10.1. The number of alkyl halides is 2. The second-order valence-corrected chi connectivity index (χ2v) is 10.8. The van der Waals surface area contributed by atoms with Crippen LogP contribution >= 0.6 is 34.7 Å². The number of carbonyl (C=O) groups is 1. The molecule has 4 aromatic rings. The predicted octanol–water partition coefficient (Wildman–Crippen LogP) is 7.69. The summed E-state index contributed by atoms with van der Waals surface area (Å²) in [6, 6.07) is 14.5. The van der Waals surface area contributed by atoms with Gasteiger partial charge in [-0.25, -0.2) is 19.2 Å². The number of carbonyl (C=O) groups excluding carboxylic acids is 1. The normalized spacial score (nSPS) is 11.3. The van der Waals surface area contributed by atoms with Crippen LogP contribution in [0.15, 0.2) is 52.6 Å². The second-order valence-electron chi connectivity index (χ2n) is 8.44. The van der Waals surface area contributed by atoms with Crippen LogP contribution in [0.1, 0.15) is 56.5 Å². The molecule has 0 saturated carbocycles. The molecule has 2 aromatic carbocycles. The van der Waals surface area contributed by atoms with Gasteiger partial charge in [0.15, 0.2) is 0 Å². The number of fused-ring (bicyclic) bond motifs is 1. The van der Waals surface area contributed by atoms with Gasteiger partial charge in [-0.3, -0.25) is 4.79 Å². The van der Waals surface area contributed by atoms with Gasteiger partial charge in [-0.1, -0.05) is 30.7 Å². The van der Waals surface area contributed by atoms with Crippen molar-refractivity contribution in [2.24, 2.45) is 5.10 Å². The van der Waals surface area contributed by atoms with Gasteiger partial charge in [0.1, 0.15) is 27.4 Å². The number of nitriles is 1. The molecule has 2 aromatic heterocycles. The molecule has 200 valence electrons. The Morgan fingerprint density at radius 3 is 2.79 bits per heavy atom. The van der Waals surface area contributed by atoms with Crippen LogP contribution < -0.4 is 10.2 Å². The average molecular weight is 585 g/mol. The standard InChI is InChI=1S/C28H23ClF2N4O2S2/c1-4-16-5-7-19-23(11-16)39-25(24(19)29)27(36)35-33-13-17-6-8-22(37-3)18(10-17)14-38-28-20(12-32)15(2)9-21(34-28)26(30)31/h5-11,13,26H,4,14H2,1-3H3,(H,35,36)/b33-13+. The van der Waals surface area contributed by atoms with E-state index < -0.39 is 12.3 Å². The highest BCUT2D eigenvalue weighted by atomic mass is 35.5. The zero-order valence-corrected chi connectivity index (χ0v) is 23.6. The number of halogens is 3. The van der Waals surface area contributed by atoms with Crippen LogP contribution in [0, 0.1) is 18.3 Å². The van der Waals surface area contributed by atoms with Gasteiger partial charge >= 0.3 is 0 Å². The van der Waals surface area contributed by atoms with Crippen molar-refractivity contribution in [3.05, 3.63) is 85.9 Å². The second kappa shape index (κ2) is 12.6. The number of aromatic nitrogens is 1. The molecule has 1 amide bonds. The number of thioether (sulfide) groups is 1. The Balaban J connectivity index is 1.50. The topological polar surface area (TPSA) is 87.4 Å². The number of thiophene rings is 1. The van der Waals surface area contributed by atoms with Gasteiger partial charge in [0.05, 0.1) is 23.9 Å². The van der Waals surface area contributed by atoms with E-state index in [9.17, 15) is 18.8 Å². The number of hydrogen-bond acceptors (Lipinski definition) is 7. The Hall–Kier alpha value is -3.52. The molecule has 0 atom stereocenters. The fourth-order valence-electron chi connectivity index (χ4n) is 3.85. The van der Waals surface area contributed by atoms with Crippen LogP contribution in [0.2, 0.25) is 5.02 Å². The zero-order valence-electron chi connectivity index (χ0n) is 21.2. The lowest BCUT2D eigenvalue weighted by Crippen LogP contribution is -2.16. The molecule has 0 spiro atoms. The molecule has 0 aliphatic carbocycles. The van der Waals surface area contributed by atoms with Crippen molar-refractivity contribution in [2.75, 3.05) is 7.11 Å². The van der Waals surface area contributed by atoms with E-state index in [0.29, 0.717) is 32.5 Å². The molecule has 0 aliphatic rings. The van der Waals surface area contributed by atoms with Crippen molar-refractivity contribution < 1.29 is 18.3 Å². The summed E-state index contributed by atoms with van der Waals surface area (Å²) in [5, 5.41) is 15.0. The lowest BCUT2D eigenvalue weighted by molar-refractivity contribution is 0.0959. The maximum Gasteiger partial charge on any atom is 0.283 e. The highest BCUT2D eigenvalue weighted by Gasteiger charge is 2.18. The largest absolute Gasteiger partial charge is 0.496 e. The third-order valence-corrected chi connectivity index (χ3v) is 8.58. The van der Waals surface area contributed by atoms with Gasteiger partial charge in [0, 0.05) is 21.4 Å². The van der Waals surface area contributed by atoms with Crippen molar-refractivity contribution in [1.29, 1.82) is 5.26 Å². The first-order chi connectivity index (χ1) is 18.7. The van der Waals surface area contributed by atoms with E-state index >= 15 is 0 Å². The van der Waals surface area contributed by atoms with E-state index in [2.05, 4.69) is 22.4 Å². The maximum absolute atomic E-state index is 13.3. The fraction of sp³-hybridized carbons (Fsp3) is 0.214. The van der Waals surface area contributed by atoms with Crippen LogP contribution in [0.5, 0.6) is 5.75 Å². The molecular weight excluding hydrogens is 562 g/mol. The van der Waals surface area contributed by atoms with Gasteiger partial charge in [0.25, 0.3) is 12.3 Å². The molecule has 4 rings (SSSR count). The highest BCUT2D eigenvalue weighted by molar-refractivity contribution is 7.98. The molecule has 11 heteroatoms. The SMILES string of the molecule is CCc1ccc2c(Cl)c(C(=O)N/N=C/c3ccc(OC)c(CSc4nc(C(F)F)cc(C)c4C#N)c3)sc2c1.